The third kappa shape index (κ3) is 3.65. The zero-order chi connectivity index (χ0) is 19.5. The predicted octanol–water partition coefficient (Wildman–Crippen LogP) is 6.37. The highest BCUT2D eigenvalue weighted by Crippen LogP contribution is 2.26. The summed E-state index contributed by atoms with van der Waals surface area (Å²) < 4.78 is 5.91. The molecule has 0 fully saturated rings. The van der Waals surface area contributed by atoms with E-state index in [0.29, 0.717) is 28.5 Å². The van der Waals surface area contributed by atoms with Gasteiger partial charge in [0.25, 0.3) is 0 Å². The van der Waals surface area contributed by atoms with Gasteiger partial charge in [-0.25, -0.2) is 4.98 Å². The molecule has 3 heteroatoms. The van der Waals surface area contributed by atoms with Crippen molar-refractivity contribution in [1.82, 2.24) is 4.98 Å². The minimum Gasteiger partial charge on any atom is -0.436 e. The average molecular weight is 367 g/mol. The molecule has 4 aromatic rings. The largest absolute Gasteiger partial charge is 0.436 e. The van der Waals surface area contributed by atoms with Crippen molar-refractivity contribution >= 4 is 28.5 Å². The van der Waals surface area contributed by atoms with Gasteiger partial charge in [0.1, 0.15) is 5.52 Å². The molecule has 0 N–H and O–H groups in total. The van der Waals surface area contributed by atoms with Crippen molar-refractivity contribution in [2.45, 2.75) is 19.8 Å². The minimum atomic E-state index is -0.111. The molecule has 0 saturated heterocycles. The van der Waals surface area contributed by atoms with Crippen LogP contribution in [0.3, 0.4) is 0 Å². The number of fused-ring (bicyclic) bond motifs is 1. The van der Waals surface area contributed by atoms with Gasteiger partial charge in [0.15, 0.2) is 11.4 Å². The van der Waals surface area contributed by atoms with E-state index < -0.39 is 0 Å². The fourth-order valence-electron chi connectivity index (χ4n) is 3.10. The number of para-hydroxylation sites is 2. The highest BCUT2D eigenvalue weighted by molar-refractivity contribution is 6.31. The second kappa shape index (κ2) is 7.65. The Morgan fingerprint density at radius 3 is 2.25 bits per heavy atom. The van der Waals surface area contributed by atoms with Crippen LogP contribution >= 0.6 is 0 Å². The number of nitrogens with zero attached hydrogens (tertiary/aromatic N) is 1. The fraction of sp³-hybridized carbons (Fsp3) is 0.120. The summed E-state index contributed by atoms with van der Waals surface area (Å²) in [7, 11) is 0. The van der Waals surface area contributed by atoms with Crippen LogP contribution in [0, 0.1) is 0 Å². The molecule has 1 aromatic heterocycles. The molecular weight excluding hydrogens is 346 g/mol. The van der Waals surface area contributed by atoms with Gasteiger partial charge < -0.3 is 4.42 Å². The summed E-state index contributed by atoms with van der Waals surface area (Å²) in [5, 5.41) is 0. The molecule has 138 valence electrons. The second-order valence-corrected chi connectivity index (χ2v) is 7.06. The lowest BCUT2D eigenvalue weighted by atomic mass is 9.98. The van der Waals surface area contributed by atoms with Crippen LogP contribution in [0.15, 0.2) is 83.3 Å². The van der Waals surface area contributed by atoms with Crippen LogP contribution in [-0.2, 0) is 0 Å². The fourth-order valence-corrected chi connectivity index (χ4v) is 3.10. The minimum absolute atomic E-state index is 0.111. The molecule has 0 aliphatic carbocycles. The van der Waals surface area contributed by atoms with Crippen molar-refractivity contribution in [2.24, 2.45) is 0 Å². The first-order valence-corrected chi connectivity index (χ1v) is 9.39. The Morgan fingerprint density at radius 2 is 1.57 bits per heavy atom. The van der Waals surface area contributed by atoms with Crippen LogP contribution in [0.2, 0.25) is 0 Å². The van der Waals surface area contributed by atoms with E-state index in [1.54, 1.807) is 12.1 Å². The molecule has 0 amide bonds. The van der Waals surface area contributed by atoms with Gasteiger partial charge in [-0.15, -0.1) is 0 Å². The van der Waals surface area contributed by atoms with E-state index in [0.717, 1.165) is 11.1 Å². The monoisotopic (exact) mass is 367 g/mol. The number of carbonyl (C=O) groups excluding carboxylic acids is 1. The molecular formula is C25H21NO2. The number of rotatable bonds is 5. The van der Waals surface area contributed by atoms with Gasteiger partial charge in [-0.05, 0) is 35.3 Å². The van der Waals surface area contributed by atoms with Crippen LogP contribution in [-0.4, -0.2) is 10.8 Å². The van der Waals surface area contributed by atoms with Crippen molar-refractivity contribution in [2.75, 3.05) is 0 Å². The lowest BCUT2D eigenvalue weighted by molar-refractivity contribution is 0.105. The van der Waals surface area contributed by atoms with Gasteiger partial charge in [0.2, 0.25) is 5.89 Å². The Morgan fingerprint density at radius 1 is 0.893 bits per heavy atom. The topological polar surface area (TPSA) is 43.1 Å². The molecule has 0 aliphatic rings. The van der Waals surface area contributed by atoms with Gasteiger partial charge >= 0.3 is 0 Å². The van der Waals surface area contributed by atoms with Crippen LogP contribution in [0.4, 0.5) is 0 Å². The van der Waals surface area contributed by atoms with E-state index in [-0.39, 0.29) is 5.78 Å². The third-order valence-electron chi connectivity index (χ3n) is 4.72. The first kappa shape index (κ1) is 17.9. The van der Waals surface area contributed by atoms with E-state index in [2.05, 4.69) is 31.0 Å². The summed E-state index contributed by atoms with van der Waals surface area (Å²) in [6.07, 6.45) is 1.85. The summed E-state index contributed by atoms with van der Waals surface area (Å²) in [5.74, 6) is 0.684. The number of carbonyl (C=O) groups is 1. The molecule has 0 saturated carbocycles. The molecule has 1 heterocycles. The molecule has 0 unspecified atom stereocenters. The zero-order valence-electron chi connectivity index (χ0n) is 15.9. The quantitative estimate of drug-likeness (QED) is 0.304. The number of allylic oxidation sites excluding steroid dienone is 1. The maximum absolute atomic E-state index is 13.2. The molecule has 3 nitrogen and oxygen atoms in total. The summed E-state index contributed by atoms with van der Waals surface area (Å²) in [6, 6.07) is 25.0. The first-order chi connectivity index (χ1) is 13.6. The Hall–Kier alpha value is -3.46. The van der Waals surface area contributed by atoms with Crippen LogP contribution < -0.4 is 0 Å². The second-order valence-electron chi connectivity index (χ2n) is 7.06. The SMILES string of the molecule is CC(C)c1ccc(C=C(C(=O)c2ccccc2)c2nc3ccccc3o2)cc1. The number of benzene rings is 3. The highest BCUT2D eigenvalue weighted by atomic mass is 16.3. The summed E-state index contributed by atoms with van der Waals surface area (Å²) >= 11 is 0. The number of oxazole rings is 1. The molecule has 0 spiro atoms. The third-order valence-corrected chi connectivity index (χ3v) is 4.72. The Balaban J connectivity index is 1.82. The first-order valence-electron chi connectivity index (χ1n) is 9.39. The maximum atomic E-state index is 13.2. The number of Topliss-reactive ketones (excluding diaryl/α,β-unsaturated/α-hetero) is 1. The number of ketones is 1. The molecule has 4 rings (SSSR count). The van der Waals surface area contributed by atoms with Crippen LogP contribution in [0.1, 0.15) is 47.1 Å². The van der Waals surface area contributed by atoms with E-state index in [1.165, 1.54) is 5.56 Å². The maximum Gasteiger partial charge on any atom is 0.231 e. The molecule has 0 radical (unpaired) electrons. The van der Waals surface area contributed by atoms with Gasteiger partial charge in [0.05, 0.1) is 5.57 Å². The lowest BCUT2D eigenvalue weighted by Crippen LogP contribution is -2.03. The molecule has 0 bridgehead atoms. The van der Waals surface area contributed by atoms with E-state index >= 15 is 0 Å². The van der Waals surface area contributed by atoms with Crippen molar-refractivity contribution in [3.63, 3.8) is 0 Å². The average Bonchev–Trinajstić information content (AvgIpc) is 3.16. The number of aromatic nitrogens is 1. The van der Waals surface area contributed by atoms with Gasteiger partial charge in [0, 0.05) is 5.56 Å². The van der Waals surface area contributed by atoms with Crippen molar-refractivity contribution < 1.29 is 9.21 Å². The van der Waals surface area contributed by atoms with E-state index in [1.807, 2.05) is 60.7 Å². The summed E-state index contributed by atoms with van der Waals surface area (Å²) in [5.41, 5.74) is 4.65. The molecule has 0 aliphatic heterocycles. The van der Waals surface area contributed by atoms with Gasteiger partial charge in [-0.2, -0.15) is 0 Å². The number of hydrogen-bond acceptors (Lipinski definition) is 3. The van der Waals surface area contributed by atoms with Gasteiger partial charge in [-0.1, -0.05) is 80.6 Å². The van der Waals surface area contributed by atoms with Crippen LogP contribution in [0.25, 0.3) is 22.7 Å². The standard InChI is InChI=1S/C25H21NO2/c1-17(2)19-14-12-18(13-15-19)16-21(24(27)20-8-4-3-5-9-20)25-26-22-10-6-7-11-23(22)28-25/h3-17H,1-2H3. The van der Waals surface area contributed by atoms with E-state index in [4.69, 9.17) is 4.42 Å². The molecule has 3 aromatic carbocycles. The molecule has 0 atom stereocenters. The molecule has 28 heavy (non-hydrogen) atoms. The van der Waals surface area contributed by atoms with Crippen LogP contribution in [0.5, 0.6) is 0 Å². The zero-order valence-corrected chi connectivity index (χ0v) is 15.9. The normalized spacial score (nSPS) is 11.9. The Labute approximate surface area is 164 Å². The van der Waals surface area contributed by atoms with E-state index in [9.17, 15) is 4.79 Å². The Kier molecular flexibility index (Phi) is 4.90. The van der Waals surface area contributed by atoms with Crippen molar-refractivity contribution in [1.29, 1.82) is 0 Å². The Bertz CT molecular complexity index is 1100. The number of hydrogen-bond donors (Lipinski definition) is 0. The van der Waals surface area contributed by atoms with Crippen molar-refractivity contribution in [3.05, 3.63) is 101 Å². The predicted molar refractivity (Wildman–Crippen MR) is 113 cm³/mol. The van der Waals surface area contributed by atoms with Gasteiger partial charge in [-0.3, -0.25) is 4.79 Å². The summed E-state index contributed by atoms with van der Waals surface area (Å²) in [4.78, 5) is 17.8. The summed E-state index contributed by atoms with van der Waals surface area (Å²) in [6.45, 7) is 4.32. The highest BCUT2D eigenvalue weighted by Gasteiger charge is 2.20. The lowest BCUT2D eigenvalue weighted by Gasteiger charge is -2.07. The smallest absolute Gasteiger partial charge is 0.231 e. The van der Waals surface area contributed by atoms with Crippen molar-refractivity contribution in [3.8, 4) is 0 Å².